The van der Waals surface area contributed by atoms with Crippen LogP contribution >= 0.6 is 11.6 Å². The molecule has 4 nitrogen and oxygen atoms in total. The van der Waals surface area contributed by atoms with Crippen molar-refractivity contribution in [2.75, 3.05) is 5.32 Å². The fourth-order valence-electron chi connectivity index (χ4n) is 1.83. The molecule has 1 amide bonds. The van der Waals surface area contributed by atoms with Gasteiger partial charge in [0.05, 0.1) is 11.4 Å². The van der Waals surface area contributed by atoms with Crippen LogP contribution in [0.4, 0.5) is 10.1 Å². The third-order valence-electron chi connectivity index (χ3n) is 2.82. The normalized spacial score (nSPS) is 10.9. The Bertz CT molecular complexity index is 653. The maximum Gasteiger partial charge on any atom is 0.261 e. The fourth-order valence-corrected chi connectivity index (χ4v) is 1.99. The number of amides is 1. The molecule has 1 heterocycles. The molecule has 1 N–H and O–H groups in total. The molecule has 0 saturated heterocycles. The average Bonchev–Trinajstić information content (AvgIpc) is 2.75. The van der Waals surface area contributed by atoms with E-state index in [-0.39, 0.29) is 16.6 Å². The molecule has 2 aromatic rings. The van der Waals surface area contributed by atoms with Gasteiger partial charge in [-0.1, -0.05) is 30.6 Å². The minimum atomic E-state index is -0.592. The zero-order valence-electron chi connectivity index (χ0n) is 11.3. The molecule has 0 aliphatic carbocycles. The third kappa shape index (κ3) is 2.82. The van der Waals surface area contributed by atoms with E-state index in [1.165, 1.54) is 12.1 Å². The lowest BCUT2D eigenvalue weighted by Crippen LogP contribution is -2.15. The van der Waals surface area contributed by atoms with Crippen LogP contribution in [-0.4, -0.2) is 11.1 Å². The van der Waals surface area contributed by atoms with Crippen LogP contribution in [0.5, 0.6) is 0 Å². The molecule has 20 heavy (non-hydrogen) atoms. The molecule has 0 unspecified atom stereocenters. The Balaban J connectivity index is 2.31. The average molecular weight is 297 g/mol. The Morgan fingerprint density at radius 3 is 2.75 bits per heavy atom. The van der Waals surface area contributed by atoms with Gasteiger partial charge in [0, 0.05) is 10.9 Å². The van der Waals surface area contributed by atoms with Crippen LogP contribution in [0.25, 0.3) is 0 Å². The first-order chi connectivity index (χ1) is 9.40. The SMILES string of the molecule is Cc1noc(C(C)C)c1C(=O)Nc1ccc(Cl)cc1F. The predicted octanol–water partition coefficient (Wildman–Crippen LogP) is 4.15. The molecule has 1 aromatic heterocycles. The summed E-state index contributed by atoms with van der Waals surface area (Å²) in [7, 11) is 0. The second kappa shape index (κ2) is 5.63. The highest BCUT2D eigenvalue weighted by Crippen LogP contribution is 2.24. The van der Waals surface area contributed by atoms with Crippen molar-refractivity contribution in [3.8, 4) is 0 Å². The molecule has 1 aromatic carbocycles. The summed E-state index contributed by atoms with van der Waals surface area (Å²) in [5, 5.41) is 6.56. The molecular weight excluding hydrogens is 283 g/mol. The highest BCUT2D eigenvalue weighted by molar-refractivity contribution is 6.30. The van der Waals surface area contributed by atoms with Crippen molar-refractivity contribution in [2.45, 2.75) is 26.7 Å². The van der Waals surface area contributed by atoms with Gasteiger partial charge in [-0.25, -0.2) is 4.39 Å². The Morgan fingerprint density at radius 2 is 2.15 bits per heavy atom. The van der Waals surface area contributed by atoms with Gasteiger partial charge in [-0.15, -0.1) is 0 Å². The van der Waals surface area contributed by atoms with Crippen molar-refractivity contribution in [3.63, 3.8) is 0 Å². The lowest BCUT2D eigenvalue weighted by atomic mass is 10.0. The van der Waals surface area contributed by atoms with Crippen LogP contribution in [0.2, 0.25) is 5.02 Å². The molecule has 0 radical (unpaired) electrons. The summed E-state index contributed by atoms with van der Waals surface area (Å²) in [6.07, 6.45) is 0. The first-order valence-corrected chi connectivity index (χ1v) is 6.50. The number of aromatic nitrogens is 1. The van der Waals surface area contributed by atoms with E-state index in [9.17, 15) is 9.18 Å². The van der Waals surface area contributed by atoms with E-state index in [4.69, 9.17) is 16.1 Å². The van der Waals surface area contributed by atoms with Crippen LogP contribution in [0.15, 0.2) is 22.7 Å². The summed E-state index contributed by atoms with van der Waals surface area (Å²) in [5.41, 5.74) is 0.879. The molecule has 6 heteroatoms. The standard InChI is InChI=1S/C14H14ClFN2O2/c1-7(2)13-12(8(3)18-20-13)14(19)17-11-5-4-9(15)6-10(11)16/h4-7H,1-3H3,(H,17,19). The largest absolute Gasteiger partial charge is 0.360 e. The highest BCUT2D eigenvalue weighted by atomic mass is 35.5. The van der Waals surface area contributed by atoms with Crippen molar-refractivity contribution in [3.05, 3.63) is 46.1 Å². The number of carbonyl (C=O) groups excluding carboxylic acids is 1. The molecule has 0 aliphatic heterocycles. The number of nitrogens with one attached hydrogen (secondary N) is 1. The smallest absolute Gasteiger partial charge is 0.261 e. The number of halogens is 2. The van der Waals surface area contributed by atoms with Crippen LogP contribution in [0.1, 0.15) is 41.6 Å². The Hall–Kier alpha value is -1.88. The van der Waals surface area contributed by atoms with Gasteiger partial charge in [0.15, 0.2) is 5.76 Å². The van der Waals surface area contributed by atoms with Crippen molar-refractivity contribution >= 4 is 23.2 Å². The number of hydrogen-bond acceptors (Lipinski definition) is 3. The predicted molar refractivity (Wildman–Crippen MR) is 74.7 cm³/mol. The maximum atomic E-state index is 13.7. The summed E-state index contributed by atoms with van der Waals surface area (Å²) in [6.45, 7) is 5.45. The van der Waals surface area contributed by atoms with Gasteiger partial charge in [-0.2, -0.15) is 0 Å². The van der Waals surface area contributed by atoms with E-state index in [1.54, 1.807) is 6.92 Å². The molecule has 0 spiro atoms. The van der Waals surface area contributed by atoms with Gasteiger partial charge in [0.1, 0.15) is 11.4 Å². The zero-order valence-corrected chi connectivity index (χ0v) is 12.1. The molecule has 2 rings (SSSR count). The number of aryl methyl sites for hydroxylation is 1. The van der Waals surface area contributed by atoms with E-state index < -0.39 is 11.7 Å². The number of carbonyl (C=O) groups is 1. The quantitative estimate of drug-likeness (QED) is 0.925. The van der Waals surface area contributed by atoms with Gasteiger partial charge in [-0.05, 0) is 25.1 Å². The molecule has 0 fully saturated rings. The Kier molecular flexibility index (Phi) is 4.09. The number of rotatable bonds is 3. The lowest BCUT2D eigenvalue weighted by molar-refractivity contribution is 0.102. The number of anilines is 1. The van der Waals surface area contributed by atoms with E-state index in [1.807, 2.05) is 13.8 Å². The van der Waals surface area contributed by atoms with Gasteiger partial charge in [0.25, 0.3) is 5.91 Å². The van der Waals surface area contributed by atoms with E-state index in [0.29, 0.717) is 17.0 Å². The third-order valence-corrected chi connectivity index (χ3v) is 3.05. The first-order valence-electron chi connectivity index (χ1n) is 6.12. The second-order valence-electron chi connectivity index (χ2n) is 4.74. The Morgan fingerprint density at radius 1 is 1.45 bits per heavy atom. The monoisotopic (exact) mass is 296 g/mol. The summed E-state index contributed by atoms with van der Waals surface area (Å²) in [5.74, 6) is -0.555. The zero-order chi connectivity index (χ0) is 14.9. The summed E-state index contributed by atoms with van der Waals surface area (Å²) in [4.78, 5) is 12.2. The topological polar surface area (TPSA) is 55.1 Å². The van der Waals surface area contributed by atoms with Crippen molar-refractivity contribution in [1.29, 1.82) is 0 Å². The van der Waals surface area contributed by atoms with Gasteiger partial charge < -0.3 is 9.84 Å². The number of hydrogen-bond donors (Lipinski definition) is 1. The van der Waals surface area contributed by atoms with Crippen LogP contribution in [-0.2, 0) is 0 Å². The van der Waals surface area contributed by atoms with E-state index >= 15 is 0 Å². The molecule has 0 saturated carbocycles. The van der Waals surface area contributed by atoms with Crippen molar-refractivity contribution in [2.24, 2.45) is 0 Å². The van der Waals surface area contributed by atoms with E-state index in [0.717, 1.165) is 6.07 Å². The minimum absolute atomic E-state index is 0.00650. The summed E-state index contributed by atoms with van der Waals surface area (Å²) in [6, 6.07) is 4.05. The molecule has 106 valence electrons. The van der Waals surface area contributed by atoms with Crippen molar-refractivity contribution < 1.29 is 13.7 Å². The summed E-state index contributed by atoms with van der Waals surface area (Å²) < 4.78 is 18.8. The second-order valence-corrected chi connectivity index (χ2v) is 5.18. The molecule has 0 atom stereocenters. The van der Waals surface area contributed by atoms with Gasteiger partial charge >= 0.3 is 0 Å². The number of nitrogens with zero attached hydrogens (tertiary/aromatic N) is 1. The molecule has 0 bridgehead atoms. The number of benzene rings is 1. The highest BCUT2D eigenvalue weighted by Gasteiger charge is 2.23. The summed E-state index contributed by atoms with van der Waals surface area (Å²) >= 11 is 5.67. The van der Waals surface area contributed by atoms with Crippen molar-refractivity contribution in [1.82, 2.24) is 5.16 Å². The Labute approximate surface area is 120 Å². The van der Waals surface area contributed by atoms with Crippen LogP contribution in [0, 0.1) is 12.7 Å². The fraction of sp³-hybridized carbons (Fsp3) is 0.286. The maximum absolute atomic E-state index is 13.7. The molecular formula is C14H14ClFN2O2. The minimum Gasteiger partial charge on any atom is -0.360 e. The van der Waals surface area contributed by atoms with Crippen LogP contribution < -0.4 is 5.32 Å². The lowest BCUT2D eigenvalue weighted by Gasteiger charge is -2.08. The first kappa shape index (κ1) is 14.5. The van der Waals surface area contributed by atoms with Gasteiger partial charge in [-0.3, -0.25) is 4.79 Å². The van der Waals surface area contributed by atoms with Crippen LogP contribution in [0.3, 0.4) is 0 Å². The van der Waals surface area contributed by atoms with Gasteiger partial charge in [0.2, 0.25) is 0 Å². The molecule has 0 aliphatic rings. The van der Waals surface area contributed by atoms with E-state index in [2.05, 4.69) is 10.5 Å².